The smallest absolute Gasteiger partial charge is 0.224 e. The summed E-state index contributed by atoms with van der Waals surface area (Å²) in [6.07, 6.45) is 2.46. The number of halogens is 1. The summed E-state index contributed by atoms with van der Waals surface area (Å²) in [6.45, 7) is 2.49. The summed E-state index contributed by atoms with van der Waals surface area (Å²) >= 11 is 5.95. The van der Waals surface area contributed by atoms with Crippen molar-refractivity contribution >= 4 is 28.4 Å². The first-order valence-electron chi connectivity index (χ1n) is 8.89. The van der Waals surface area contributed by atoms with E-state index in [0.717, 1.165) is 5.56 Å². The van der Waals surface area contributed by atoms with E-state index in [1.165, 1.54) is 10.9 Å². The van der Waals surface area contributed by atoms with Gasteiger partial charge < -0.3 is 14.2 Å². The first kappa shape index (κ1) is 17.1. The molecule has 2 heterocycles. The second-order valence-electron chi connectivity index (χ2n) is 6.57. The van der Waals surface area contributed by atoms with Crippen LogP contribution in [0.2, 0.25) is 5.02 Å². The van der Waals surface area contributed by atoms with E-state index >= 15 is 0 Å². The third-order valence-electron chi connectivity index (χ3n) is 4.91. The molecule has 4 rings (SSSR count). The molecule has 1 saturated heterocycles. The van der Waals surface area contributed by atoms with E-state index in [1.807, 2.05) is 47.5 Å². The lowest BCUT2D eigenvalue weighted by atomic mass is 10.1. The first-order chi connectivity index (χ1) is 12.7. The van der Waals surface area contributed by atoms with Gasteiger partial charge in [-0.2, -0.15) is 0 Å². The van der Waals surface area contributed by atoms with Crippen LogP contribution in [-0.2, 0) is 16.1 Å². The van der Waals surface area contributed by atoms with E-state index < -0.39 is 0 Å². The Bertz CT molecular complexity index is 904. The number of benzene rings is 2. The molecule has 1 aliphatic rings. The van der Waals surface area contributed by atoms with Crippen molar-refractivity contribution in [3.05, 3.63) is 71.4 Å². The third kappa shape index (κ3) is 3.62. The molecule has 1 atom stereocenters. The van der Waals surface area contributed by atoms with Gasteiger partial charge in [0.15, 0.2) is 0 Å². The van der Waals surface area contributed by atoms with Crippen LogP contribution in [0.25, 0.3) is 10.9 Å². The zero-order chi connectivity index (χ0) is 17.9. The Morgan fingerprint density at radius 1 is 1.12 bits per heavy atom. The summed E-state index contributed by atoms with van der Waals surface area (Å²) in [6, 6.07) is 18.0. The number of nitrogens with zero attached hydrogens (tertiary/aromatic N) is 2. The number of aromatic nitrogens is 1. The van der Waals surface area contributed by atoms with Crippen LogP contribution in [0.4, 0.5) is 0 Å². The SMILES string of the molecule is O=C(CCn1ccc2ccccc21)N1CCOC(c2ccc(Cl)cc2)C1. The number of fused-ring (bicyclic) bond motifs is 1. The molecule has 1 aliphatic heterocycles. The lowest BCUT2D eigenvalue weighted by Crippen LogP contribution is -2.42. The van der Waals surface area contributed by atoms with Crippen LogP contribution >= 0.6 is 11.6 Å². The van der Waals surface area contributed by atoms with E-state index in [1.54, 1.807) is 0 Å². The summed E-state index contributed by atoms with van der Waals surface area (Å²) in [4.78, 5) is 14.6. The normalized spacial score (nSPS) is 17.6. The van der Waals surface area contributed by atoms with Gasteiger partial charge in [-0.25, -0.2) is 0 Å². The van der Waals surface area contributed by atoms with E-state index in [0.29, 0.717) is 37.7 Å². The first-order valence-corrected chi connectivity index (χ1v) is 9.27. The third-order valence-corrected chi connectivity index (χ3v) is 5.16. The van der Waals surface area contributed by atoms with Crippen molar-refractivity contribution in [3.8, 4) is 0 Å². The topological polar surface area (TPSA) is 34.5 Å². The molecule has 0 aliphatic carbocycles. The molecule has 1 amide bonds. The highest BCUT2D eigenvalue weighted by Crippen LogP contribution is 2.24. The fraction of sp³-hybridized carbons (Fsp3) is 0.286. The van der Waals surface area contributed by atoms with Crippen molar-refractivity contribution in [3.63, 3.8) is 0 Å². The number of carbonyl (C=O) groups is 1. The Morgan fingerprint density at radius 2 is 1.92 bits per heavy atom. The zero-order valence-corrected chi connectivity index (χ0v) is 15.2. The van der Waals surface area contributed by atoms with E-state index in [2.05, 4.69) is 22.8 Å². The Balaban J connectivity index is 1.39. The minimum absolute atomic E-state index is 0.0858. The highest BCUT2D eigenvalue weighted by molar-refractivity contribution is 6.30. The number of rotatable bonds is 4. The number of hydrogen-bond donors (Lipinski definition) is 0. The van der Waals surface area contributed by atoms with Gasteiger partial charge in [0.1, 0.15) is 6.10 Å². The molecule has 0 saturated carbocycles. The number of hydrogen-bond acceptors (Lipinski definition) is 2. The van der Waals surface area contributed by atoms with Crippen LogP contribution in [-0.4, -0.2) is 35.1 Å². The minimum Gasteiger partial charge on any atom is -0.370 e. The predicted octanol–water partition coefficient (Wildman–Crippen LogP) is 4.28. The molecular weight excluding hydrogens is 348 g/mol. The molecule has 1 aromatic heterocycles. The number of amides is 1. The maximum atomic E-state index is 12.7. The van der Waals surface area contributed by atoms with Gasteiger partial charge in [-0.15, -0.1) is 0 Å². The molecule has 0 N–H and O–H groups in total. The van der Waals surface area contributed by atoms with Gasteiger partial charge >= 0.3 is 0 Å². The molecule has 26 heavy (non-hydrogen) atoms. The maximum Gasteiger partial charge on any atom is 0.224 e. The van der Waals surface area contributed by atoms with Gasteiger partial charge in [-0.3, -0.25) is 4.79 Å². The number of aryl methyl sites for hydroxylation is 1. The van der Waals surface area contributed by atoms with E-state index in [-0.39, 0.29) is 12.0 Å². The quantitative estimate of drug-likeness (QED) is 0.688. The summed E-state index contributed by atoms with van der Waals surface area (Å²) in [5.41, 5.74) is 2.23. The van der Waals surface area contributed by atoms with Crippen LogP contribution in [0.5, 0.6) is 0 Å². The van der Waals surface area contributed by atoms with Crippen LogP contribution in [0.1, 0.15) is 18.1 Å². The summed E-state index contributed by atoms with van der Waals surface area (Å²) in [5.74, 6) is 0.171. The Labute approximate surface area is 157 Å². The Morgan fingerprint density at radius 3 is 2.77 bits per heavy atom. The number of ether oxygens (including phenoxy) is 1. The van der Waals surface area contributed by atoms with E-state index in [4.69, 9.17) is 16.3 Å². The molecule has 1 unspecified atom stereocenters. The molecule has 134 valence electrons. The lowest BCUT2D eigenvalue weighted by molar-refractivity contribution is -0.139. The van der Waals surface area contributed by atoms with Gasteiger partial charge in [0.2, 0.25) is 5.91 Å². The summed E-state index contributed by atoms with van der Waals surface area (Å²) in [7, 11) is 0. The van der Waals surface area contributed by atoms with Crippen molar-refractivity contribution < 1.29 is 9.53 Å². The Hall–Kier alpha value is -2.30. The van der Waals surface area contributed by atoms with Crippen molar-refractivity contribution in [1.82, 2.24) is 9.47 Å². The average Bonchev–Trinajstić information content (AvgIpc) is 3.10. The van der Waals surface area contributed by atoms with Gasteiger partial charge in [0.05, 0.1) is 13.2 Å². The molecule has 5 heteroatoms. The fourth-order valence-corrected chi connectivity index (χ4v) is 3.59. The number of morpholine rings is 1. The van der Waals surface area contributed by atoms with Crippen LogP contribution in [0.15, 0.2) is 60.8 Å². The molecule has 3 aromatic rings. The second kappa shape index (κ2) is 7.52. The molecule has 1 fully saturated rings. The van der Waals surface area contributed by atoms with Crippen molar-refractivity contribution in [2.24, 2.45) is 0 Å². The second-order valence-corrected chi connectivity index (χ2v) is 7.01. The maximum absolute atomic E-state index is 12.7. The standard InChI is InChI=1S/C21H21ClN2O2/c22-18-7-5-17(6-8-18)20-15-24(13-14-26-20)21(25)10-12-23-11-9-16-3-1-2-4-19(16)23/h1-9,11,20H,10,12-15H2. The van der Waals surface area contributed by atoms with Gasteiger partial charge in [0, 0.05) is 36.2 Å². The summed E-state index contributed by atoms with van der Waals surface area (Å²) in [5, 5.41) is 1.91. The molecule has 4 nitrogen and oxygen atoms in total. The zero-order valence-electron chi connectivity index (χ0n) is 14.5. The highest BCUT2D eigenvalue weighted by atomic mass is 35.5. The average molecular weight is 369 g/mol. The van der Waals surface area contributed by atoms with Crippen molar-refractivity contribution in [2.75, 3.05) is 19.7 Å². The molecule has 0 bridgehead atoms. The monoisotopic (exact) mass is 368 g/mol. The van der Waals surface area contributed by atoms with Gasteiger partial charge in [-0.05, 0) is 35.2 Å². The minimum atomic E-state index is -0.0858. The largest absolute Gasteiger partial charge is 0.370 e. The van der Waals surface area contributed by atoms with Crippen molar-refractivity contribution in [2.45, 2.75) is 19.1 Å². The van der Waals surface area contributed by atoms with Crippen LogP contribution < -0.4 is 0 Å². The van der Waals surface area contributed by atoms with E-state index in [9.17, 15) is 4.79 Å². The predicted molar refractivity (Wildman–Crippen MR) is 103 cm³/mol. The molecule has 0 radical (unpaired) electrons. The van der Waals surface area contributed by atoms with Crippen LogP contribution in [0.3, 0.4) is 0 Å². The lowest BCUT2D eigenvalue weighted by Gasteiger charge is -2.33. The van der Waals surface area contributed by atoms with Crippen LogP contribution in [0, 0.1) is 0 Å². The van der Waals surface area contributed by atoms with Gasteiger partial charge in [-0.1, -0.05) is 41.9 Å². The van der Waals surface area contributed by atoms with Gasteiger partial charge in [0.25, 0.3) is 0 Å². The number of carbonyl (C=O) groups excluding carboxylic acids is 1. The molecular formula is C21H21ClN2O2. The fourth-order valence-electron chi connectivity index (χ4n) is 3.46. The highest BCUT2D eigenvalue weighted by Gasteiger charge is 2.25. The van der Waals surface area contributed by atoms with Crippen molar-refractivity contribution in [1.29, 1.82) is 0 Å². The molecule has 2 aromatic carbocycles. The molecule has 0 spiro atoms. The number of para-hydroxylation sites is 1. The summed E-state index contributed by atoms with van der Waals surface area (Å²) < 4.78 is 7.99. The Kier molecular flexibility index (Phi) is 4.96.